The van der Waals surface area contributed by atoms with E-state index in [9.17, 15) is 9.59 Å². The lowest BCUT2D eigenvalue weighted by molar-refractivity contribution is -0.176. The minimum atomic E-state index is -0.147. The van der Waals surface area contributed by atoms with Gasteiger partial charge in [-0.25, -0.2) is 9.48 Å². The van der Waals surface area contributed by atoms with Gasteiger partial charge in [0, 0.05) is 31.0 Å². The molecule has 138 valence electrons. The molecule has 0 radical (unpaired) electrons. The van der Waals surface area contributed by atoms with Crippen LogP contribution in [0, 0.1) is 5.41 Å². The van der Waals surface area contributed by atoms with Crippen LogP contribution in [0.5, 0.6) is 0 Å². The molecule has 0 aromatic carbocycles. The Morgan fingerprint density at radius 1 is 1.32 bits per heavy atom. The minimum Gasteiger partial charge on any atom is -0.378 e. The van der Waals surface area contributed by atoms with E-state index in [4.69, 9.17) is 4.74 Å². The van der Waals surface area contributed by atoms with Crippen LogP contribution in [0.15, 0.2) is 4.79 Å². The van der Waals surface area contributed by atoms with Gasteiger partial charge in [0.1, 0.15) is 12.4 Å². The van der Waals surface area contributed by atoms with E-state index in [1.165, 1.54) is 11.1 Å². The van der Waals surface area contributed by atoms with E-state index in [1.807, 2.05) is 6.92 Å². The first-order chi connectivity index (χ1) is 12.1. The Kier molecular flexibility index (Phi) is 4.43. The van der Waals surface area contributed by atoms with Gasteiger partial charge in [-0.1, -0.05) is 12.8 Å². The molecule has 0 unspecified atom stereocenters. The fraction of sp³-hybridized carbons (Fsp3) is 0.833. The summed E-state index contributed by atoms with van der Waals surface area (Å²) >= 11 is 0. The lowest BCUT2D eigenvalue weighted by atomic mass is 9.51. The van der Waals surface area contributed by atoms with Crippen LogP contribution < -0.4 is 11.0 Å². The average molecular weight is 348 g/mol. The third kappa shape index (κ3) is 2.82. The highest BCUT2D eigenvalue weighted by atomic mass is 16.5. The van der Waals surface area contributed by atoms with Crippen LogP contribution in [-0.2, 0) is 29.0 Å². The average Bonchev–Trinajstić information content (AvgIpc) is 2.71. The fourth-order valence-corrected chi connectivity index (χ4v) is 4.74. The number of hydrogen-bond donors (Lipinski definition) is 1. The Morgan fingerprint density at radius 3 is 2.88 bits per heavy atom. The van der Waals surface area contributed by atoms with Crippen molar-refractivity contribution >= 4 is 5.91 Å². The molecule has 1 aliphatic heterocycles. The van der Waals surface area contributed by atoms with Gasteiger partial charge in [0.25, 0.3) is 0 Å². The third-order valence-electron chi connectivity index (χ3n) is 6.35. The number of carbonyl (C=O) groups is 1. The number of hydrogen-bond acceptors (Lipinski definition) is 4. The Morgan fingerprint density at radius 2 is 2.16 bits per heavy atom. The summed E-state index contributed by atoms with van der Waals surface area (Å²) < 4.78 is 8.90. The van der Waals surface area contributed by atoms with Gasteiger partial charge in [0.2, 0.25) is 5.91 Å². The Labute approximate surface area is 147 Å². The smallest absolute Gasteiger partial charge is 0.346 e. The summed E-state index contributed by atoms with van der Waals surface area (Å²) in [4.78, 5) is 24.9. The summed E-state index contributed by atoms with van der Waals surface area (Å²) in [6, 6.07) is 0.182. The van der Waals surface area contributed by atoms with Crippen LogP contribution in [0.3, 0.4) is 0 Å². The van der Waals surface area contributed by atoms with Crippen molar-refractivity contribution in [2.24, 2.45) is 5.41 Å². The molecule has 2 atom stereocenters. The van der Waals surface area contributed by atoms with Gasteiger partial charge in [-0.2, -0.15) is 5.10 Å². The molecule has 25 heavy (non-hydrogen) atoms. The number of rotatable bonds is 5. The van der Waals surface area contributed by atoms with Crippen molar-refractivity contribution in [1.82, 2.24) is 19.7 Å². The van der Waals surface area contributed by atoms with Crippen LogP contribution in [-0.4, -0.2) is 39.0 Å². The Balaban J connectivity index is 1.39. The molecule has 0 saturated heterocycles. The van der Waals surface area contributed by atoms with E-state index >= 15 is 0 Å². The quantitative estimate of drug-likeness (QED) is 0.868. The predicted molar refractivity (Wildman–Crippen MR) is 92.3 cm³/mol. The molecule has 7 nitrogen and oxygen atoms in total. The first-order valence-electron chi connectivity index (χ1n) is 9.71. The molecule has 0 bridgehead atoms. The van der Waals surface area contributed by atoms with Crippen molar-refractivity contribution in [2.45, 2.75) is 83.5 Å². The predicted octanol–water partition coefficient (Wildman–Crippen LogP) is 1.24. The van der Waals surface area contributed by atoms with Gasteiger partial charge >= 0.3 is 5.69 Å². The standard InChI is InChI=1S/C18H28N4O3/c1-2-25-14-11-13(18(14)8-6-9-18)19-16(23)12-22-17(24)21-10-5-3-4-7-15(21)20-22/h13-14H,2-12H2,1H3,(H,19,23)/t13-,14+/m1/s1. The van der Waals surface area contributed by atoms with Crippen LogP contribution >= 0.6 is 0 Å². The summed E-state index contributed by atoms with van der Waals surface area (Å²) in [5.41, 5.74) is -0.00617. The zero-order valence-corrected chi connectivity index (χ0v) is 15.0. The zero-order valence-electron chi connectivity index (χ0n) is 15.0. The molecule has 1 spiro atoms. The Bertz CT molecular complexity index is 704. The highest BCUT2D eigenvalue weighted by Crippen LogP contribution is 2.57. The second-order valence-electron chi connectivity index (χ2n) is 7.71. The van der Waals surface area contributed by atoms with Crippen LogP contribution in [0.4, 0.5) is 0 Å². The fourth-order valence-electron chi connectivity index (χ4n) is 4.74. The van der Waals surface area contributed by atoms with Crippen molar-refractivity contribution in [3.63, 3.8) is 0 Å². The molecule has 1 N–H and O–H groups in total. The van der Waals surface area contributed by atoms with Gasteiger partial charge in [0.05, 0.1) is 6.10 Å². The molecule has 1 aromatic rings. The van der Waals surface area contributed by atoms with E-state index in [0.29, 0.717) is 0 Å². The molecule has 4 rings (SSSR count). The van der Waals surface area contributed by atoms with Crippen molar-refractivity contribution in [1.29, 1.82) is 0 Å². The lowest BCUT2D eigenvalue weighted by Crippen LogP contribution is -2.67. The molecule has 2 saturated carbocycles. The minimum absolute atomic E-state index is 0.0186. The number of carbonyl (C=O) groups excluding carboxylic acids is 1. The lowest BCUT2D eigenvalue weighted by Gasteiger charge is -2.61. The van der Waals surface area contributed by atoms with Crippen molar-refractivity contribution in [3.05, 3.63) is 16.3 Å². The molecule has 2 aliphatic carbocycles. The van der Waals surface area contributed by atoms with Crippen LogP contribution in [0.2, 0.25) is 0 Å². The van der Waals surface area contributed by atoms with E-state index in [-0.39, 0.29) is 35.7 Å². The number of ether oxygens (including phenoxy) is 1. The van der Waals surface area contributed by atoms with Gasteiger partial charge in [-0.15, -0.1) is 0 Å². The number of nitrogens with zero attached hydrogens (tertiary/aromatic N) is 3. The number of amides is 1. The molecule has 7 heteroatoms. The molecular weight excluding hydrogens is 320 g/mol. The van der Waals surface area contributed by atoms with Crippen LogP contribution in [0.1, 0.15) is 57.7 Å². The molecule has 1 aromatic heterocycles. The monoisotopic (exact) mass is 348 g/mol. The molecule has 2 heterocycles. The topological polar surface area (TPSA) is 78.2 Å². The summed E-state index contributed by atoms with van der Waals surface area (Å²) in [6.45, 7) is 3.48. The van der Waals surface area contributed by atoms with Gasteiger partial charge in [-0.05, 0) is 39.0 Å². The summed E-state index contributed by atoms with van der Waals surface area (Å²) in [5.74, 6) is 0.715. The van der Waals surface area contributed by atoms with Gasteiger partial charge in [0.15, 0.2) is 0 Å². The first kappa shape index (κ1) is 16.8. The van der Waals surface area contributed by atoms with Crippen molar-refractivity contribution in [2.75, 3.05) is 6.61 Å². The van der Waals surface area contributed by atoms with Gasteiger partial charge in [-0.3, -0.25) is 9.36 Å². The van der Waals surface area contributed by atoms with E-state index in [1.54, 1.807) is 4.57 Å². The van der Waals surface area contributed by atoms with Crippen molar-refractivity contribution < 1.29 is 9.53 Å². The highest BCUT2D eigenvalue weighted by molar-refractivity contribution is 5.76. The maximum Gasteiger partial charge on any atom is 0.346 e. The zero-order chi connectivity index (χ0) is 17.4. The normalized spacial score (nSPS) is 27.1. The van der Waals surface area contributed by atoms with E-state index in [2.05, 4.69) is 10.4 Å². The molecule has 2 fully saturated rings. The summed E-state index contributed by atoms with van der Waals surface area (Å²) in [6.07, 6.45) is 8.66. The first-order valence-corrected chi connectivity index (χ1v) is 9.71. The maximum absolute atomic E-state index is 12.5. The maximum atomic E-state index is 12.5. The summed E-state index contributed by atoms with van der Waals surface area (Å²) in [5, 5.41) is 7.54. The number of aromatic nitrogens is 3. The molecule has 1 amide bonds. The Hall–Kier alpha value is -1.63. The molecular formula is C18H28N4O3. The largest absolute Gasteiger partial charge is 0.378 e. The second kappa shape index (κ2) is 6.59. The van der Waals surface area contributed by atoms with Crippen molar-refractivity contribution in [3.8, 4) is 0 Å². The van der Waals surface area contributed by atoms with E-state index < -0.39 is 0 Å². The van der Waals surface area contributed by atoms with Gasteiger partial charge < -0.3 is 10.1 Å². The number of fused-ring (bicyclic) bond motifs is 1. The van der Waals surface area contributed by atoms with E-state index in [0.717, 1.165) is 63.9 Å². The highest BCUT2D eigenvalue weighted by Gasteiger charge is 2.59. The van der Waals surface area contributed by atoms with Crippen LogP contribution in [0.25, 0.3) is 0 Å². The molecule has 3 aliphatic rings. The second-order valence-corrected chi connectivity index (χ2v) is 7.71. The number of aryl methyl sites for hydroxylation is 1. The summed E-state index contributed by atoms with van der Waals surface area (Å²) in [7, 11) is 0. The third-order valence-corrected chi connectivity index (χ3v) is 6.35. The number of nitrogens with one attached hydrogen (secondary N) is 1. The SMILES string of the molecule is CCO[C@H]1C[C@@H](NC(=O)Cn2nc3n(c2=O)CCCCC3)C12CCC2.